The zero-order chi connectivity index (χ0) is 18.2. The van der Waals surface area contributed by atoms with E-state index in [4.69, 9.17) is 9.72 Å². The Morgan fingerprint density at radius 2 is 2.08 bits per heavy atom. The third kappa shape index (κ3) is 2.77. The van der Waals surface area contributed by atoms with Crippen LogP contribution in [-0.2, 0) is 22.2 Å². The molecule has 0 saturated carbocycles. The normalized spacial score (nSPS) is 22.4. The molecule has 0 radical (unpaired) electrons. The Kier molecular flexibility index (Phi) is 4.05. The van der Waals surface area contributed by atoms with E-state index >= 15 is 0 Å². The van der Waals surface area contributed by atoms with Crippen molar-refractivity contribution in [3.8, 4) is 17.5 Å². The van der Waals surface area contributed by atoms with E-state index in [0.29, 0.717) is 12.1 Å². The van der Waals surface area contributed by atoms with Gasteiger partial charge >= 0.3 is 0 Å². The van der Waals surface area contributed by atoms with E-state index in [0.717, 1.165) is 11.4 Å². The minimum Gasteiger partial charge on any atom is -0.368 e. The van der Waals surface area contributed by atoms with Gasteiger partial charge < -0.3 is 4.74 Å². The van der Waals surface area contributed by atoms with Crippen molar-refractivity contribution in [3.05, 3.63) is 47.8 Å². The molecule has 0 aliphatic heterocycles. The van der Waals surface area contributed by atoms with Crippen LogP contribution in [0.15, 0.2) is 42.1 Å². The molecule has 2 aromatic rings. The molecule has 0 fully saturated rings. The number of aromatic nitrogens is 3. The van der Waals surface area contributed by atoms with E-state index in [9.17, 15) is 10.1 Å². The van der Waals surface area contributed by atoms with Gasteiger partial charge in [-0.3, -0.25) is 9.48 Å². The predicted octanol–water partition coefficient (Wildman–Crippen LogP) is 2.77. The highest BCUT2D eigenvalue weighted by Crippen LogP contribution is 2.44. The van der Waals surface area contributed by atoms with Crippen LogP contribution in [0.2, 0.25) is 0 Å². The molecule has 0 spiro atoms. The second kappa shape index (κ2) is 5.94. The molecule has 128 valence electrons. The maximum atomic E-state index is 12.4. The number of pyridine rings is 1. The summed E-state index contributed by atoms with van der Waals surface area (Å²) < 4.78 is 7.57. The Hall–Kier alpha value is -2.78. The maximum absolute atomic E-state index is 12.4. The predicted molar refractivity (Wildman–Crippen MR) is 92.2 cm³/mol. The monoisotopic (exact) mass is 336 g/mol. The summed E-state index contributed by atoms with van der Waals surface area (Å²) in [4.78, 5) is 17.2. The van der Waals surface area contributed by atoms with Gasteiger partial charge in [-0.25, -0.2) is 4.98 Å². The summed E-state index contributed by atoms with van der Waals surface area (Å²) in [5.74, 6) is -0.162. The lowest BCUT2D eigenvalue weighted by atomic mass is 9.68. The van der Waals surface area contributed by atoms with E-state index in [1.54, 1.807) is 24.1 Å². The first-order chi connectivity index (χ1) is 11.8. The Morgan fingerprint density at radius 1 is 1.32 bits per heavy atom. The highest BCUT2D eigenvalue weighted by Gasteiger charge is 2.47. The number of ketones is 1. The van der Waals surface area contributed by atoms with Crippen molar-refractivity contribution >= 4 is 5.78 Å². The SMILES string of the molecule is COC1(c2cccc(-c3ccnn3C)n2)C=C(C#N)C(=O)C(C)(C)C1. The van der Waals surface area contributed by atoms with Crippen LogP contribution in [0.1, 0.15) is 26.0 Å². The van der Waals surface area contributed by atoms with E-state index in [-0.39, 0.29) is 11.4 Å². The van der Waals surface area contributed by atoms with Crippen LogP contribution in [-0.4, -0.2) is 27.7 Å². The number of nitriles is 1. The fourth-order valence-corrected chi connectivity index (χ4v) is 3.37. The summed E-state index contributed by atoms with van der Waals surface area (Å²) in [6.07, 6.45) is 3.74. The summed E-state index contributed by atoms with van der Waals surface area (Å²) in [5, 5.41) is 13.6. The van der Waals surface area contributed by atoms with Gasteiger partial charge in [0.05, 0.1) is 22.7 Å². The van der Waals surface area contributed by atoms with Gasteiger partial charge in [0.1, 0.15) is 11.7 Å². The molecule has 1 unspecified atom stereocenters. The van der Waals surface area contributed by atoms with E-state index < -0.39 is 11.0 Å². The number of carbonyl (C=O) groups excluding carboxylic acids is 1. The first-order valence-corrected chi connectivity index (χ1v) is 8.02. The second-order valence-corrected chi connectivity index (χ2v) is 6.90. The Morgan fingerprint density at radius 3 is 2.68 bits per heavy atom. The summed E-state index contributed by atoms with van der Waals surface area (Å²) in [6.45, 7) is 3.66. The first kappa shape index (κ1) is 17.1. The van der Waals surface area contributed by atoms with Crippen LogP contribution >= 0.6 is 0 Å². The molecule has 1 aliphatic carbocycles. The number of methoxy groups -OCH3 is 1. The molecule has 2 heterocycles. The van der Waals surface area contributed by atoms with Crippen molar-refractivity contribution in [1.29, 1.82) is 5.26 Å². The molecule has 0 aromatic carbocycles. The van der Waals surface area contributed by atoms with Crippen LogP contribution in [0.3, 0.4) is 0 Å². The second-order valence-electron chi connectivity index (χ2n) is 6.90. The topological polar surface area (TPSA) is 80.8 Å². The van der Waals surface area contributed by atoms with E-state index in [2.05, 4.69) is 5.10 Å². The lowest BCUT2D eigenvalue weighted by Crippen LogP contribution is -2.42. The molecular formula is C19H20N4O2. The number of allylic oxidation sites excluding steroid dienone is 1. The zero-order valence-electron chi connectivity index (χ0n) is 14.8. The number of ether oxygens (including phenoxy) is 1. The van der Waals surface area contributed by atoms with Crippen molar-refractivity contribution in [1.82, 2.24) is 14.8 Å². The largest absolute Gasteiger partial charge is 0.368 e. The van der Waals surface area contributed by atoms with Gasteiger partial charge in [0, 0.05) is 25.8 Å². The Bertz CT molecular complexity index is 904. The van der Waals surface area contributed by atoms with Gasteiger partial charge in [0.2, 0.25) is 0 Å². The molecule has 0 bridgehead atoms. The van der Waals surface area contributed by atoms with Crippen LogP contribution < -0.4 is 0 Å². The van der Waals surface area contributed by atoms with Gasteiger partial charge in [-0.05, 0) is 30.7 Å². The molecule has 0 saturated heterocycles. The lowest BCUT2D eigenvalue weighted by Gasteiger charge is -2.39. The Balaban J connectivity index is 2.16. The first-order valence-electron chi connectivity index (χ1n) is 8.02. The molecular weight excluding hydrogens is 316 g/mol. The molecule has 0 N–H and O–H groups in total. The fourth-order valence-electron chi connectivity index (χ4n) is 3.37. The van der Waals surface area contributed by atoms with Gasteiger partial charge in [-0.15, -0.1) is 0 Å². The summed E-state index contributed by atoms with van der Waals surface area (Å²) in [5.41, 5.74) is 0.795. The number of aryl methyl sites for hydroxylation is 1. The Labute approximate surface area is 146 Å². The lowest BCUT2D eigenvalue weighted by molar-refractivity contribution is -0.128. The van der Waals surface area contributed by atoms with Crippen molar-refractivity contribution in [3.63, 3.8) is 0 Å². The smallest absolute Gasteiger partial charge is 0.178 e. The van der Waals surface area contributed by atoms with Gasteiger partial charge in [0.25, 0.3) is 0 Å². The highest BCUT2D eigenvalue weighted by molar-refractivity contribution is 6.03. The molecule has 1 atom stereocenters. The molecule has 3 rings (SSSR count). The van der Waals surface area contributed by atoms with Crippen molar-refractivity contribution < 1.29 is 9.53 Å². The third-order valence-electron chi connectivity index (χ3n) is 4.69. The third-order valence-corrected chi connectivity index (χ3v) is 4.69. The molecule has 6 heteroatoms. The van der Waals surface area contributed by atoms with Gasteiger partial charge in [-0.2, -0.15) is 10.4 Å². The number of Topliss-reactive ketones (excluding diaryl/α,β-unsaturated/α-hetero) is 1. The number of nitrogens with zero attached hydrogens (tertiary/aromatic N) is 4. The van der Waals surface area contributed by atoms with Crippen molar-refractivity contribution in [2.24, 2.45) is 12.5 Å². The minimum atomic E-state index is -0.920. The minimum absolute atomic E-state index is 0.117. The van der Waals surface area contributed by atoms with Crippen LogP contribution in [0, 0.1) is 16.7 Å². The van der Waals surface area contributed by atoms with Gasteiger partial charge in [0.15, 0.2) is 5.78 Å². The molecule has 2 aromatic heterocycles. The standard InChI is InChI=1S/C19H20N4O2/c1-18(2)12-19(25-4,10-13(11-20)17(18)24)16-7-5-6-14(22-16)15-8-9-21-23(15)3/h5-10H,12H2,1-4H3. The van der Waals surface area contributed by atoms with E-state index in [1.165, 1.54) is 0 Å². The molecule has 6 nitrogen and oxygen atoms in total. The van der Waals surface area contributed by atoms with Gasteiger partial charge in [-0.1, -0.05) is 19.9 Å². The zero-order valence-corrected chi connectivity index (χ0v) is 14.8. The summed E-state index contributed by atoms with van der Waals surface area (Å²) in [7, 11) is 3.43. The average molecular weight is 336 g/mol. The van der Waals surface area contributed by atoms with Crippen LogP contribution in [0.5, 0.6) is 0 Å². The molecule has 0 amide bonds. The van der Waals surface area contributed by atoms with Crippen LogP contribution in [0.25, 0.3) is 11.4 Å². The molecule has 1 aliphatic rings. The van der Waals surface area contributed by atoms with Crippen LogP contribution in [0.4, 0.5) is 0 Å². The highest BCUT2D eigenvalue weighted by atomic mass is 16.5. The van der Waals surface area contributed by atoms with E-state index in [1.807, 2.05) is 51.2 Å². The van der Waals surface area contributed by atoms with Crippen molar-refractivity contribution in [2.75, 3.05) is 7.11 Å². The fraction of sp³-hybridized carbons (Fsp3) is 0.368. The summed E-state index contributed by atoms with van der Waals surface area (Å²) in [6, 6.07) is 9.55. The number of hydrogen-bond donors (Lipinski definition) is 0. The molecule has 25 heavy (non-hydrogen) atoms. The maximum Gasteiger partial charge on any atom is 0.178 e. The number of rotatable bonds is 3. The number of carbonyl (C=O) groups is 1. The number of hydrogen-bond acceptors (Lipinski definition) is 5. The quantitative estimate of drug-likeness (QED) is 0.861. The average Bonchev–Trinajstić information content (AvgIpc) is 3.03. The van der Waals surface area contributed by atoms with Crippen molar-refractivity contribution in [2.45, 2.75) is 25.9 Å². The summed E-state index contributed by atoms with van der Waals surface area (Å²) >= 11 is 0.